The van der Waals surface area contributed by atoms with Gasteiger partial charge in [0, 0.05) is 34.2 Å². The topological polar surface area (TPSA) is 25.8 Å². The van der Waals surface area contributed by atoms with Crippen molar-refractivity contribution in [3.63, 3.8) is 0 Å². The molecule has 1 aromatic heterocycles. The van der Waals surface area contributed by atoms with Crippen molar-refractivity contribution in [1.82, 2.24) is 9.97 Å². The van der Waals surface area contributed by atoms with E-state index in [9.17, 15) is 0 Å². The molecule has 0 saturated carbocycles. The van der Waals surface area contributed by atoms with Gasteiger partial charge in [0.05, 0.1) is 0 Å². The van der Waals surface area contributed by atoms with Crippen molar-refractivity contribution in [1.29, 1.82) is 0 Å². The molecule has 0 aliphatic rings. The molecule has 94 valence electrons. The molecule has 0 spiro atoms. The summed E-state index contributed by atoms with van der Waals surface area (Å²) >= 11 is 9.32. The highest BCUT2D eigenvalue weighted by molar-refractivity contribution is 9.08. The van der Waals surface area contributed by atoms with Crippen LogP contribution >= 0.6 is 27.5 Å². The average Bonchev–Trinajstić information content (AvgIpc) is 2.41. The van der Waals surface area contributed by atoms with Gasteiger partial charge in [-0.05, 0) is 24.1 Å². The second-order valence-corrected chi connectivity index (χ2v) is 5.05. The highest BCUT2D eigenvalue weighted by Gasteiger charge is 2.05. The maximum atomic E-state index is 5.87. The predicted octanol–water partition coefficient (Wildman–Crippen LogP) is 4.18. The molecule has 0 saturated heterocycles. The Morgan fingerprint density at radius 1 is 1.22 bits per heavy atom. The van der Waals surface area contributed by atoms with Crippen molar-refractivity contribution in [3.8, 4) is 0 Å². The van der Waals surface area contributed by atoms with E-state index in [0.29, 0.717) is 0 Å². The highest BCUT2D eigenvalue weighted by atomic mass is 79.9. The fraction of sp³-hybridized carbons (Fsp3) is 0.286. The third-order valence-electron chi connectivity index (χ3n) is 2.76. The molecule has 1 aromatic carbocycles. The summed E-state index contributed by atoms with van der Waals surface area (Å²) < 4.78 is 0. The van der Waals surface area contributed by atoms with Crippen LogP contribution < -0.4 is 0 Å². The lowest BCUT2D eigenvalue weighted by atomic mass is 10.1. The zero-order valence-corrected chi connectivity index (χ0v) is 12.5. The molecule has 2 aromatic rings. The second kappa shape index (κ2) is 6.30. The molecule has 0 N–H and O–H groups in total. The van der Waals surface area contributed by atoms with Gasteiger partial charge in [-0.15, -0.1) is 0 Å². The smallest absolute Gasteiger partial charge is 0.132 e. The zero-order chi connectivity index (χ0) is 13.0. The van der Waals surface area contributed by atoms with E-state index >= 15 is 0 Å². The fourth-order valence-electron chi connectivity index (χ4n) is 1.77. The normalized spacial score (nSPS) is 10.6. The molecule has 2 nitrogen and oxygen atoms in total. The first-order chi connectivity index (χ1) is 8.72. The Morgan fingerprint density at radius 2 is 1.94 bits per heavy atom. The summed E-state index contributed by atoms with van der Waals surface area (Å²) in [5, 5.41) is 1.56. The van der Waals surface area contributed by atoms with Crippen LogP contribution in [0.2, 0.25) is 5.02 Å². The van der Waals surface area contributed by atoms with Crippen LogP contribution in [0.5, 0.6) is 0 Å². The highest BCUT2D eigenvalue weighted by Crippen LogP contribution is 2.14. The van der Waals surface area contributed by atoms with Crippen molar-refractivity contribution in [2.45, 2.75) is 25.1 Å². The average molecular weight is 326 g/mol. The molecule has 18 heavy (non-hydrogen) atoms. The van der Waals surface area contributed by atoms with Gasteiger partial charge < -0.3 is 0 Å². The summed E-state index contributed by atoms with van der Waals surface area (Å²) in [7, 11) is 0. The maximum Gasteiger partial charge on any atom is 0.132 e. The first-order valence-corrected chi connectivity index (χ1v) is 7.37. The number of rotatable bonds is 4. The van der Waals surface area contributed by atoms with Crippen molar-refractivity contribution >= 4 is 27.5 Å². The molecule has 0 amide bonds. The monoisotopic (exact) mass is 324 g/mol. The lowest BCUT2D eigenvalue weighted by molar-refractivity contribution is 0.886. The number of nitrogens with zero attached hydrogens (tertiary/aromatic N) is 2. The third kappa shape index (κ3) is 3.30. The number of alkyl halides is 1. The first kappa shape index (κ1) is 13.5. The molecular formula is C14H14BrClN2. The summed E-state index contributed by atoms with van der Waals surface area (Å²) in [6.07, 6.45) is 3.58. The minimum atomic E-state index is 0.743. The van der Waals surface area contributed by atoms with Gasteiger partial charge in [0.15, 0.2) is 0 Å². The molecule has 0 unspecified atom stereocenters. The van der Waals surface area contributed by atoms with Gasteiger partial charge in [-0.3, -0.25) is 0 Å². The summed E-state index contributed by atoms with van der Waals surface area (Å²) in [5.41, 5.74) is 3.45. The van der Waals surface area contributed by atoms with Gasteiger partial charge in [-0.25, -0.2) is 9.97 Å². The number of hydrogen-bond acceptors (Lipinski definition) is 2. The molecule has 0 fully saturated rings. The Balaban J connectivity index is 2.21. The van der Waals surface area contributed by atoms with Crippen LogP contribution in [-0.2, 0) is 18.2 Å². The molecule has 1 heterocycles. The van der Waals surface area contributed by atoms with Crippen LogP contribution in [-0.4, -0.2) is 9.97 Å². The minimum absolute atomic E-state index is 0.743. The van der Waals surface area contributed by atoms with Gasteiger partial charge in [-0.2, -0.15) is 0 Å². The van der Waals surface area contributed by atoms with E-state index in [1.165, 1.54) is 5.56 Å². The van der Waals surface area contributed by atoms with E-state index in [-0.39, 0.29) is 0 Å². The Kier molecular flexibility index (Phi) is 4.72. The fourth-order valence-corrected chi connectivity index (χ4v) is 2.37. The standard InChI is InChI=1S/C14H14BrClN2/c1-2-13-11(8-15)9-17-14(18-13)7-10-3-5-12(16)6-4-10/h3-6,9H,2,7-8H2,1H3. The molecule has 4 heteroatoms. The summed E-state index contributed by atoms with van der Waals surface area (Å²) in [6, 6.07) is 7.81. The molecule has 0 radical (unpaired) electrons. The van der Waals surface area contributed by atoms with Crippen LogP contribution in [0, 0.1) is 0 Å². The third-order valence-corrected chi connectivity index (χ3v) is 3.61. The van der Waals surface area contributed by atoms with E-state index in [0.717, 1.165) is 40.3 Å². The number of aryl methyl sites for hydroxylation is 1. The van der Waals surface area contributed by atoms with Crippen LogP contribution in [0.15, 0.2) is 30.5 Å². The number of hydrogen-bond donors (Lipinski definition) is 0. The molecule has 2 rings (SSSR count). The summed E-state index contributed by atoms with van der Waals surface area (Å²) in [6.45, 7) is 2.11. The number of benzene rings is 1. The van der Waals surface area contributed by atoms with Crippen LogP contribution in [0.25, 0.3) is 0 Å². The molecule has 0 aliphatic heterocycles. The Morgan fingerprint density at radius 3 is 2.56 bits per heavy atom. The quantitative estimate of drug-likeness (QED) is 0.788. The number of halogens is 2. The SMILES string of the molecule is CCc1nc(Cc2ccc(Cl)cc2)ncc1CBr. The summed E-state index contributed by atoms with van der Waals surface area (Å²) in [5.74, 6) is 0.860. The second-order valence-electron chi connectivity index (χ2n) is 4.05. The molecule has 0 aliphatic carbocycles. The van der Waals surface area contributed by atoms with Gasteiger partial charge in [0.2, 0.25) is 0 Å². The van der Waals surface area contributed by atoms with Crippen LogP contribution in [0.4, 0.5) is 0 Å². The van der Waals surface area contributed by atoms with Crippen molar-refractivity contribution in [2.75, 3.05) is 0 Å². The van der Waals surface area contributed by atoms with Gasteiger partial charge in [0.25, 0.3) is 0 Å². The Labute approximate surface area is 121 Å². The van der Waals surface area contributed by atoms with Gasteiger partial charge in [-0.1, -0.05) is 46.6 Å². The van der Waals surface area contributed by atoms with Crippen LogP contribution in [0.3, 0.4) is 0 Å². The van der Waals surface area contributed by atoms with Gasteiger partial charge >= 0.3 is 0 Å². The van der Waals surface area contributed by atoms with Crippen molar-refractivity contribution < 1.29 is 0 Å². The van der Waals surface area contributed by atoms with Crippen LogP contribution in [0.1, 0.15) is 29.6 Å². The lowest BCUT2D eigenvalue weighted by Crippen LogP contribution is -2.03. The van der Waals surface area contributed by atoms with E-state index in [1.54, 1.807) is 0 Å². The maximum absolute atomic E-state index is 5.87. The van der Waals surface area contributed by atoms with E-state index in [2.05, 4.69) is 32.8 Å². The molecule has 0 atom stereocenters. The largest absolute Gasteiger partial charge is 0.241 e. The predicted molar refractivity (Wildman–Crippen MR) is 78.3 cm³/mol. The van der Waals surface area contributed by atoms with E-state index in [1.807, 2.05) is 30.5 Å². The van der Waals surface area contributed by atoms with E-state index < -0.39 is 0 Å². The molecular weight excluding hydrogens is 312 g/mol. The summed E-state index contributed by atoms with van der Waals surface area (Å²) in [4.78, 5) is 9.01. The first-order valence-electron chi connectivity index (χ1n) is 5.87. The van der Waals surface area contributed by atoms with Crippen molar-refractivity contribution in [2.24, 2.45) is 0 Å². The number of aromatic nitrogens is 2. The lowest BCUT2D eigenvalue weighted by Gasteiger charge is -2.06. The minimum Gasteiger partial charge on any atom is -0.241 e. The van der Waals surface area contributed by atoms with E-state index in [4.69, 9.17) is 11.6 Å². The van der Waals surface area contributed by atoms with Crippen molar-refractivity contribution in [3.05, 3.63) is 58.1 Å². The Bertz CT molecular complexity index is 526. The zero-order valence-electron chi connectivity index (χ0n) is 10.2. The van der Waals surface area contributed by atoms with Gasteiger partial charge in [0.1, 0.15) is 5.82 Å². The Hall–Kier alpha value is -0.930. The molecule has 0 bridgehead atoms.